The number of ether oxygens (including phenoxy) is 1. The zero-order chi connectivity index (χ0) is 9.14. The Labute approximate surface area is 79.9 Å². The van der Waals surface area contributed by atoms with Gasteiger partial charge >= 0.3 is 0 Å². The monoisotopic (exact) mass is 225 g/mol. The van der Waals surface area contributed by atoms with Crippen LogP contribution in [0.25, 0.3) is 0 Å². The third-order valence-corrected chi connectivity index (χ3v) is 2.65. The molecule has 0 aliphatic carbocycles. The van der Waals surface area contributed by atoms with E-state index in [4.69, 9.17) is 10.00 Å². The van der Waals surface area contributed by atoms with Crippen LogP contribution in [0.1, 0.15) is 11.1 Å². The average Bonchev–Trinajstić information content (AvgIpc) is 2.09. The molecule has 0 aliphatic heterocycles. The van der Waals surface area contributed by atoms with E-state index in [1.54, 1.807) is 13.2 Å². The molecule has 0 aliphatic rings. The first-order valence-electron chi connectivity index (χ1n) is 3.44. The van der Waals surface area contributed by atoms with Gasteiger partial charge in [0.2, 0.25) is 0 Å². The maximum absolute atomic E-state index is 8.79. The molecule has 0 atom stereocenters. The lowest BCUT2D eigenvalue weighted by atomic mass is 10.1. The second kappa shape index (κ2) is 3.59. The number of nitriles is 1. The van der Waals surface area contributed by atoms with Crippen molar-refractivity contribution >= 4 is 15.9 Å². The first kappa shape index (κ1) is 9.08. The van der Waals surface area contributed by atoms with Crippen molar-refractivity contribution in [2.24, 2.45) is 0 Å². The number of benzene rings is 1. The van der Waals surface area contributed by atoms with Crippen molar-refractivity contribution in [1.82, 2.24) is 0 Å². The van der Waals surface area contributed by atoms with E-state index in [-0.39, 0.29) is 0 Å². The molecule has 0 N–H and O–H groups in total. The summed E-state index contributed by atoms with van der Waals surface area (Å²) in [4.78, 5) is 0. The molecule has 0 heterocycles. The van der Waals surface area contributed by atoms with Gasteiger partial charge in [-0.1, -0.05) is 6.07 Å². The highest BCUT2D eigenvalue weighted by atomic mass is 79.9. The smallest absolute Gasteiger partial charge is 0.137 e. The lowest BCUT2D eigenvalue weighted by Crippen LogP contribution is -1.90. The summed E-state index contributed by atoms with van der Waals surface area (Å²) in [6.45, 7) is 1.93. The van der Waals surface area contributed by atoms with E-state index < -0.39 is 0 Å². The largest absolute Gasteiger partial charge is 0.495 e. The minimum Gasteiger partial charge on any atom is -0.495 e. The molecule has 2 nitrogen and oxygen atoms in total. The molecular weight excluding hydrogens is 218 g/mol. The van der Waals surface area contributed by atoms with E-state index >= 15 is 0 Å². The third-order valence-electron chi connectivity index (χ3n) is 1.63. The van der Waals surface area contributed by atoms with Gasteiger partial charge in [0.15, 0.2) is 0 Å². The summed E-state index contributed by atoms with van der Waals surface area (Å²) in [5, 5.41) is 8.79. The third kappa shape index (κ3) is 1.44. The van der Waals surface area contributed by atoms with Crippen LogP contribution in [0, 0.1) is 18.3 Å². The SMILES string of the molecule is COc1ccc(C)c(Br)c1C#N. The molecule has 1 rings (SSSR count). The fourth-order valence-corrected chi connectivity index (χ4v) is 1.35. The highest BCUT2D eigenvalue weighted by molar-refractivity contribution is 9.10. The van der Waals surface area contributed by atoms with E-state index in [1.165, 1.54) is 0 Å². The maximum Gasteiger partial charge on any atom is 0.137 e. The molecule has 62 valence electrons. The van der Waals surface area contributed by atoms with Gasteiger partial charge in [-0.25, -0.2) is 0 Å². The summed E-state index contributed by atoms with van der Waals surface area (Å²) < 4.78 is 5.83. The van der Waals surface area contributed by atoms with E-state index in [0.717, 1.165) is 10.0 Å². The van der Waals surface area contributed by atoms with Crippen molar-refractivity contribution in [2.75, 3.05) is 7.11 Å². The quantitative estimate of drug-likeness (QED) is 0.737. The fraction of sp³-hybridized carbons (Fsp3) is 0.222. The second-order valence-corrected chi connectivity index (χ2v) is 3.18. The molecule has 0 saturated carbocycles. The molecular formula is C9H8BrNO. The van der Waals surface area contributed by atoms with Crippen molar-refractivity contribution < 1.29 is 4.74 Å². The van der Waals surface area contributed by atoms with E-state index in [0.29, 0.717) is 11.3 Å². The van der Waals surface area contributed by atoms with Crippen molar-refractivity contribution in [3.8, 4) is 11.8 Å². The lowest BCUT2D eigenvalue weighted by molar-refractivity contribution is 0.413. The van der Waals surface area contributed by atoms with Gasteiger partial charge in [0, 0.05) is 4.47 Å². The first-order valence-corrected chi connectivity index (χ1v) is 4.23. The Morgan fingerprint density at radius 2 is 2.17 bits per heavy atom. The first-order chi connectivity index (χ1) is 5.70. The van der Waals surface area contributed by atoms with Gasteiger partial charge in [0.1, 0.15) is 17.4 Å². The molecule has 12 heavy (non-hydrogen) atoms. The Hall–Kier alpha value is -1.01. The van der Waals surface area contributed by atoms with Crippen LogP contribution >= 0.6 is 15.9 Å². The molecule has 0 bridgehead atoms. The van der Waals surface area contributed by atoms with Crippen LogP contribution in [-0.2, 0) is 0 Å². The molecule has 0 aromatic heterocycles. The number of halogens is 1. The van der Waals surface area contributed by atoms with Crippen LogP contribution in [0.2, 0.25) is 0 Å². The number of rotatable bonds is 1. The standard InChI is InChI=1S/C9H8BrNO/c1-6-3-4-8(12-2)7(5-11)9(6)10/h3-4H,1-2H3. The Kier molecular flexibility index (Phi) is 2.72. The van der Waals surface area contributed by atoms with Gasteiger partial charge in [-0.05, 0) is 34.5 Å². The summed E-state index contributed by atoms with van der Waals surface area (Å²) in [6.07, 6.45) is 0. The molecule has 3 heteroatoms. The molecule has 1 aromatic carbocycles. The molecule has 0 saturated heterocycles. The molecule has 0 amide bonds. The Bertz CT molecular complexity index is 341. The Morgan fingerprint density at radius 1 is 1.50 bits per heavy atom. The van der Waals surface area contributed by atoms with Gasteiger partial charge in [-0.3, -0.25) is 0 Å². The minimum absolute atomic E-state index is 0.553. The van der Waals surface area contributed by atoms with Crippen LogP contribution in [0.3, 0.4) is 0 Å². The van der Waals surface area contributed by atoms with Gasteiger partial charge in [0.05, 0.1) is 7.11 Å². The van der Waals surface area contributed by atoms with Crippen LogP contribution in [0.4, 0.5) is 0 Å². The van der Waals surface area contributed by atoms with Crippen molar-refractivity contribution in [1.29, 1.82) is 5.26 Å². The van der Waals surface area contributed by atoms with E-state index in [2.05, 4.69) is 22.0 Å². The van der Waals surface area contributed by atoms with Gasteiger partial charge in [-0.15, -0.1) is 0 Å². The van der Waals surface area contributed by atoms with Crippen LogP contribution < -0.4 is 4.74 Å². The number of hydrogen-bond donors (Lipinski definition) is 0. The van der Waals surface area contributed by atoms with Crippen molar-refractivity contribution in [2.45, 2.75) is 6.92 Å². The van der Waals surface area contributed by atoms with Crippen LogP contribution in [0.5, 0.6) is 5.75 Å². The average molecular weight is 226 g/mol. The highest BCUT2D eigenvalue weighted by Crippen LogP contribution is 2.28. The number of aryl methyl sites for hydroxylation is 1. The predicted molar refractivity (Wildman–Crippen MR) is 50.1 cm³/mol. The molecule has 0 fully saturated rings. The van der Waals surface area contributed by atoms with Crippen molar-refractivity contribution in [3.63, 3.8) is 0 Å². The summed E-state index contributed by atoms with van der Waals surface area (Å²) in [6, 6.07) is 5.78. The highest BCUT2D eigenvalue weighted by Gasteiger charge is 2.08. The second-order valence-electron chi connectivity index (χ2n) is 2.39. The topological polar surface area (TPSA) is 33.0 Å². The zero-order valence-electron chi connectivity index (χ0n) is 6.89. The van der Waals surface area contributed by atoms with Crippen molar-refractivity contribution in [3.05, 3.63) is 27.7 Å². The summed E-state index contributed by atoms with van der Waals surface area (Å²) in [5.74, 6) is 0.606. The van der Waals surface area contributed by atoms with E-state index in [9.17, 15) is 0 Å². The lowest BCUT2D eigenvalue weighted by Gasteiger charge is -2.05. The molecule has 1 aromatic rings. The molecule has 0 radical (unpaired) electrons. The minimum atomic E-state index is 0.553. The normalized spacial score (nSPS) is 9.17. The van der Waals surface area contributed by atoms with Crippen LogP contribution in [0.15, 0.2) is 16.6 Å². The zero-order valence-corrected chi connectivity index (χ0v) is 8.47. The number of nitrogens with zero attached hydrogens (tertiary/aromatic N) is 1. The van der Waals surface area contributed by atoms with Gasteiger partial charge in [-0.2, -0.15) is 5.26 Å². The molecule has 0 spiro atoms. The Balaban J connectivity index is 3.38. The number of hydrogen-bond acceptors (Lipinski definition) is 2. The number of methoxy groups -OCH3 is 1. The van der Waals surface area contributed by atoms with Gasteiger partial charge < -0.3 is 4.74 Å². The summed E-state index contributed by atoms with van der Waals surface area (Å²) >= 11 is 3.33. The maximum atomic E-state index is 8.79. The van der Waals surface area contributed by atoms with Crippen LogP contribution in [-0.4, -0.2) is 7.11 Å². The summed E-state index contributed by atoms with van der Waals surface area (Å²) in [7, 11) is 1.55. The fourth-order valence-electron chi connectivity index (χ4n) is 0.937. The van der Waals surface area contributed by atoms with Gasteiger partial charge in [0.25, 0.3) is 0 Å². The Morgan fingerprint density at radius 3 is 2.67 bits per heavy atom. The molecule has 0 unspecified atom stereocenters. The summed E-state index contributed by atoms with van der Waals surface area (Å²) in [5.41, 5.74) is 1.59. The predicted octanol–water partition coefficient (Wildman–Crippen LogP) is 2.64. The van der Waals surface area contributed by atoms with E-state index in [1.807, 2.05) is 13.0 Å².